The lowest BCUT2D eigenvalue weighted by atomic mass is 10.2. The summed E-state index contributed by atoms with van der Waals surface area (Å²) in [5, 5.41) is -0.481. The maximum absolute atomic E-state index is 13.5. The molecule has 0 aliphatic carbocycles. The smallest absolute Gasteiger partial charge is 0.327 e. The Kier molecular flexibility index (Phi) is 4.82. The first-order valence-corrected chi connectivity index (χ1v) is 7.48. The van der Waals surface area contributed by atoms with E-state index in [-0.39, 0.29) is 17.4 Å². The number of aryl methyl sites for hydroxylation is 1. The van der Waals surface area contributed by atoms with Gasteiger partial charge in [-0.3, -0.25) is 0 Å². The fraction of sp³-hybridized carbons (Fsp3) is 0.462. The molecule has 1 unspecified atom stereocenters. The topological polar surface area (TPSA) is 17.8 Å². The Morgan fingerprint density at radius 3 is 2.62 bits per heavy atom. The fourth-order valence-corrected chi connectivity index (χ4v) is 2.61. The van der Waals surface area contributed by atoms with Crippen molar-refractivity contribution in [1.82, 2.24) is 9.55 Å². The van der Waals surface area contributed by atoms with Gasteiger partial charge in [0.05, 0.1) is 20.9 Å². The van der Waals surface area contributed by atoms with Gasteiger partial charge in [-0.05, 0) is 35.3 Å². The predicted molar refractivity (Wildman–Crippen MR) is 76.9 cm³/mol. The molecular formula is C13H12BrClF4N2. The van der Waals surface area contributed by atoms with Gasteiger partial charge in [-0.15, -0.1) is 11.6 Å². The van der Waals surface area contributed by atoms with E-state index in [0.717, 1.165) is 0 Å². The van der Waals surface area contributed by atoms with Crippen LogP contribution in [0.2, 0.25) is 0 Å². The first-order chi connectivity index (χ1) is 9.69. The van der Waals surface area contributed by atoms with Crippen LogP contribution in [0.25, 0.3) is 11.0 Å². The summed E-state index contributed by atoms with van der Waals surface area (Å²) in [5.74, 6) is -0.0393. The Morgan fingerprint density at radius 2 is 2.05 bits per heavy atom. The molecule has 1 aromatic heterocycles. The highest BCUT2D eigenvalue weighted by atomic mass is 79.9. The molecule has 1 aromatic carbocycles. The summed E-state index contributed by atoms with van der Waals surface area (Å²) in [6, 6.07) is 2.75. The molecule has 116 valence electrons. The van der Waals surface area contributed by atoms with Gasteiger partial charge in [-0.2, -0.15) is 13.2 Å². The predicted octanol–water partition coefficient (Wildman–Crippen LogP) is 5.58. The van der Waals surface area contributed by atoms with Crippen molar-refractivity contribution in [2.75, 3.05) is 0 Å². The molecule has 0 fully saturated rings. The molecule has 1 heterocycles. The maximum atomic E-state index is 13.5. The third-order valence-corrected chi connectivity index (χ3v) is 3.82. The first-order valence-electron chi connectivity index (χ1n) is 6.25. The van der Waals surface area contributed by atoms with E-state index in [1.165, 1.54) is 12.1 Å². The van der Waals surface area contributed by atoms with E-state index in [4.69, 9.17) is 11.6 Å². The molecule has 0 amide bonds. The van der Waals surface area contributed by atoms with Crippen molar-refractivity contribution >= 4 is 38.6 Å². The molecule has 2 rings (SSSR count). The van der Waals surface area contributed by atoms with Gasteiger partial charge in [0.15, 0.2) is 0 Å². The van der Waals surface area contributed by atoms with Crippen LogP contribution in [-0.4, -0.2) is 15.7 Å². The minimum atomic E-state index is -4.20. The summed E-state index contributed by atoms with van der Waals surface area (Å²) < 4.78 is 52.2. The zero-order chi connectivity index (χ0) is 15.8. The monoisotopic (exact) mass is 386 g/mol. The molecule has 0 radical (unpaired) electrons. The number of aromatic nitrogens is 2. The van der Waals surface area contributed by atoms with Crippen LogP contribution in [0.1, 0.15) is 31.0 Å². The van der Waals surface area contributed by atoms with E-state index in [1.54, 1.807) is 11.5 Å². The summed E-state index contributed by atoms with van der Waals surface area (Å²) in [7, 11) is 0. The lowest BCUT2D eigenvalue weighted by Gasteiger charge is -2.11. The highest BCUT2D eigenvalue weighted by Crippen LogP contribution is 2.29. The van der Waals surface area contributed by atoms with Gasteiger partial charge in [0.2, 0.25) is 0 Å². The number of hydrogen-bond acceptors (Lipinski definition) is 1. The van der Waals surface area contributed by atoms with Crippen LogP contribution in [0, 0.1) is 5.82 Å². The van der Waals surface area contributed by atoms with Crippen LogP contribution in [0.3, 0.4) is 0 Å². The van der Waals surface area contributed by atoms with Crippen molar-refractivity contribution in [3.63, 3.8) is 0 Å². The molecule has 0 spiro atoms. The summed E-state index contributed by atoms with van der Waals surface area (Å²) in [6.07, 6.45) is -5.17. The SMILES string of the molecule is CC(Cl)c1nc2cc(F)c(Br)cc2n1CCCC(F)(F)F. The van der Waals surface area contributed by atoms with Crippen molar-refractivity contribution in [3.8, 4) is 0 Å². The molecule has 0 bridgehead atoms. The van der Waals surface area contributed by atoms with Crippen LogP contribution in [0.4, 0.5) is 17.6 Å². The van der Waals surface area contributed by atoms with Crippen LogP contribution in [0.5, 0.6) is 0 Å². The number of rotatable bonds is 4. The van der Waals surface area contributed by atoms with Crippen molar-refractivity contribution in [2.45, 2.75) is 37.9 Å². The van der Waals surface area contributed by atoms with Gasteiger partial charge >= 0.3 is 6.18 Å². The molecule has 0 aliphatic heterocycles. The number of halogens is 6. The second-order valence-corrected chi connectivity index (χ2v) is 6.22. The number of fused-ring (bicyclic) bond motifs is 1. The largest absolute Gasteiger partial charge is 0.389 e. The quantitative estimate of drug-likeness (QED) is 0.495. The van der Waals surface area contributed by atoms with E-state index in [1.807, 2.05) is 0 Å². The van der Waals surface area contributed by atoms with Crippen molar-refractivity contribution in [1.29, 1.82) is 0 Å². The second-order valence-electron chi connectivity index (χ2n) is 4.71. The zero-order valence-electron chi connectivity index (χ0n) is 11.0. The fourth-order valence-electron chi connectivity index (χ4n) is 2.12. The lowest BCUT2D eigenvalue weighted by molar-refractivity contribution is -0.135. The minimum absolute atomic E-state index is 0.0828. The summed E-state index contributed by atoms with van der Waals surface area (Å²) in [4.78, 5) is 4.22. The van der Waals surface area contributed by atoms with Gasteiger partial charge in [0.25, 0.3) is 0 Å². The third kappa shape index (κ3) is 3.88. The number of benzene rings is 1. The van der Waals surface area contributed by atoms with Gasteiger partial charge < -0.3 is 4.57 Å². The molecule has 2 aromatic rings. The van der Waals surface area contributed by atoms with E-state index >= 15 is 0 Å². The number of nitrogens with zero attached hydrogens (tertiary/aromatic N) is 2. The van der Waals surface area contributed by atoms with E-state index in [9.17, 15) is 17.6 Å². The normalized spacial score (nSPS) is 13.9. The molecule has 21 heavy (non-hydrogen) atoms. The van der Waals surface area contributed by atoms with E-state index < -0.39 is 23.8 Å². The molecule has 8 heteroatoms. The summed E-state index contributed by atoms with van der Waals surface area (Å²) >= 11 is 9.08. The summed E-state index contributed by atoms with van der Waals surface area (Å²) in [5.41, 5.74) is 0.943. The van der Waals surface area contributed by atoms with Gasteiger partial charge in [-0.1, -0.05) is 0 Å². The van der Waals surface area contributed by atoms with Gasteiger partial charge in [0.1, 0.15) is 11.6 Å². The number of imidazole rings is 1. The van der Waals surface area contributed by atoms with Crippen LogP contribution in [0.15, 0.2) is 16.6 Å². The average molecular weight is 388 g/mol. The number of alkyl halides is 4. The standard InChI is InChI=1S/C13H12BrClF4N2/c1-7(15)12-20-10-6-9(16)8(14)5-11(10)21(12)4-2-3-13(17,18)19/h5-7H,2-4H2,1H3. The van der Waals surface area contributed by atoms with Crippen LogP contribution < -0.4 is 0 Å². The van der Waals surface area contributed by atoms with E-state index in [2.05, 4.69) is 20.9 Å². The maximum Gasteiger partial charge on any atom is 0.389 e. The average Bonchev–Trinajstić information content (AvgIpc) is 2.67. The first kappa shape index (κ1) is 16.5. The van der Waals surface area contributed by atoms with Gasteiger partial charge in [-0.25, -0.2) is 9.37 Å². The van der Waals surface area contributed by atoms with Crippen molar-refractivity contribution in [3.05, 3.63) is 28.2 Å². The molecule has 0 aliphatic rings. The zero-order valence-corrected chi connectivity index (χ0v) is 13.4. The molecule has 2 nitrogen and oxygen atoms in total. The molecule has 0 saturated carbocycles. The Bertz CT molecular complexity index is 652. The second kappa shape index (κ2) is 6.12. The Balaban J connectivity index is 2.39. The highest BCUT2D eigenvalue weighted by molar-refractivity contribution is 9.10. The Labute approximate surface area is 132 Å². The van der Waals surface area contributed by atoms with Crippen LogP contribution >= 0.6 is 27.5 Å². The number of hydrogen-bond donors (Lipinski definition) is 0. The van der Waals surface area contributed by atoms with E-state index in [0.29, 0.717) is 16.9 Å². The Hall–Kier alpha value is -0.820. The van der Waals surface area contributed by atoms with Crippen molar-refractivity contribution in [2.24, 2.45) is 0 Å². The molecule has 1 atom stereocenters. The van der Waals surface area contributed by atoms with Crippen molar-refractivity contribution < 1.29 is 17.6 Å². The minimum Gasteiger partial charge on any atom is -0.327 e. The third-order valence-electron chi connectivity index (χ3n) is 3.02. The lowest BCUT2D eigenvalue weighted by Crippen LogP contribution is -2.11. The highest BCUT2D eigenvalue weighted by Gasteiger charge is 2.26. The van der Waals surface area contributed by atoms with Gasteiger partial charge in [0, 0.05) is 19.0 Å². The summed E-state index contributed by atoms with van der Waals surface area (Å²) in [6.45, 7) is 1.80. The van der Waals surface area contributed by atoms with Crippen LogP contribution in [-0.2, 0) is 6.54 Å². The Morgan fingerprint density at radius 1 is 1.38 bits per heavy atom. The molecular weight excluding hydrogens is 376 g/mol. The molecule has 0 saturated heterocycles. The molecule has 0 N–H and O–H groups in total.